The summed E-state index contributed by atoms with van der Waals surface area (Å²) in [7, 11) is 0. The molecule has 0 atom stereocenters. The van der Waals surface area contributed by atoms with Crippen LogP contribution in [0.5, 0.6) is 0 Å². The van der Waals surface area contributed by atoms with Crippen LogP contribution in [0.25, 0.3) is 0 Å². The Hall–Kier alpha value is -1.32. The SMILES string of the molecule is CCc1nc(N)cc(N(CC2CC2)CC2CC2)n1. The molecule has 0 spiro atoms. The number of nitrogens with zero attached hydrogens (tertiary/aromatic N) is 3. The van der Waals surface area contributed by atoms with Crippen LogP contribution in [0.3, 0.4) is 0 Å². The van der Waals surface area contributed by atoms with E-state index >= 15 is 0 Å². The maximum Gasteiger partial charge on any atom is 0.134 e. The molecule has 2 fully saturated rings. The quantitative estimate of drug-likeness (QED) is 0.836. The van der Waals surface area contributed by atoms with Crippen molar-refractivity contribution in [2.75, 3.05) is 23.7 Å². The van der Waals surface area contributed by atoms with Crippen LogP contribution in [0.4, 0.5) is 11.6 Å². The Morgan fingerprint density at radius 1 is 1.17 bits per heavy atom. The van der Waals surface area contributed by atoms with E-state index in [1.807, 2.05) is 6.07 Å². The van der Waals surface area contributed by atoms with Gasteiger partial charge in [-0.1, -0.05) is 6.92 Å². The lowest BCUT2D eigenvalue weighted by Gasteiger charge is -2.24. The molecule has 0 saturated heterocycles. The minimum atomic E-state index is 0.605. The van der Waals surface area contributed by atoms with Crippen molar-refractivity contribution in [2.45, 2.75) is 39.0 Å². The highest BCUT2D eigenvalue weighted by atomic mass is 15.2. The zero-order valence-electron chi connectivity index (χ0n) is 11.1. The fraction of sp³-hybridized carbons (Fsp3) is 0.714. The molecule has 0 amide bonds. The summed E-state index contributed by atoms with van der Waals surface area (Å²) < 4.78 is 0. The van der Waals surface area contributed by atoms with E-state index in [0.29, 0.717) is 5.82 Å². The molecule has 4 nitrogen and oxygen atoms in total. The monoisotopic (exact) mass is 246 g/mol. The zero-order valence-corrected chi connectivity index (χ0v) is 11.1. The third-order valence-corrected chi connectivity index (χ3v) is 3.77. The molecule has 2 aliphatic rings. The maximum absolute atomic E-state index is 5.89. The minimum absolute atomic E-state index is 0.605. The van der Waals surface area contributed by atoms with Crippen LogP contribution in [0.1, 0.15) is 38.4 Å². The molecule has 4 heteroatoms. The van der Waals surface area contributed by atoms with Crippen molar-refractivity contribution in [1.29, 1.82) is 0 Å². The maximum atomic E-state index is 5.89. The van der Waals surface area contributed by atoms with Crippen molar-refractivity contribution < 1.29 is 0 Å². The number of rotatable bonds is 6. The number of aryl methyl sites for hydroxylation is 1. The summed E-state index contributed by atoms with van der Waals surface area (Å²) >= 11 is 0. The summed E-state index contributed by atoms with van der Waals surface area (Å²) in [4.78, 5) is 11.4. The molecule has 2 saturated carbocycles. The lowest BCUT2D eigenvalue weighted by molar-refractivity contribution is 0.668. The van der Waals surface area contributed by atoms with E-state index < -0.39 is 0 Å². The molecule has 2 aliphatic carbocycles. The van der Waals surface area contributed by atoms with Crippen molar-refractivity contribution >= 4 is 11.6 Å². The van der Waals surface area contributed by atoms with E-state index in [2.05, 4.69) is 21.8 Å². The first kappa shape index (κ1) is 11.8. The van der Waals surface area contributed by atoms with Crippen molar-refractivity contribution in [3.05, 3.63) is 11.9 Å². The molecule has 0 aliphatic heterocycles. The van der Waals surface area contributed by atoms with Crippen LogP contribution in [0.15, 0.2) is 6.07 Å². The van der Waals surface area contributed by atoms with Gasteiger partial charge >= 0.3 is 0 Å². The van der Waals surface area contributed by atoms with E-state index in [0.717, 1.165) is 43.0 Å². The first-order valence-electron chi connectivity index (χ1n) is 7.13. The van der Waals surface area contributed by atoms with E-state index in [9.17, 15) is 0 Å². The van der Waals surface area contributed by atoms with Gasteiger partial charge in [0, 0.05) is 25.6 Å². The van der Waals surface area contributed by atoms with E-state index in [1.54, 1.807) is 0 Å². The molecule has 3 rings (SSSR count). The molecule has 0 radical (unpaired) electrons. The lowest BCUT2D eigenvalue weighted by atomic mass is 10.3. The number of hydrogen-bond acceptors (Lipinski definition) is 4. The number of aromatic nitrogens is 2. The Balaban J connectivity index is 1.79. The molecule has 1 aromatic heterocycles. The summed E-state index contributed by atoms with van der Waals surface area (Å²) in [6.45, 7) is 4.37. The van der Waals surface area contributed by atoms with Crippen molar-refractivity contribution in [2.24, 2.45) is 11.8 Å². The number of anilines is 2. The number of nitrogen functional groups attached to an aromatic ring is 1. The van der Waals surface area contributed by atoms with Gasteiger partial charge in [0.2, 0.25) is 0 Å². The predicted octanol–water partition coefficient (Wildman–Crippen LogP) is 2.25. The predicted molar refractivity (Wildman–Crippen MR) is 73.5 cm³/mol. The fourth-order valence-electron chi connectivity index (χ4n) is 2.31. The molecule has 2 N–H and O–H groups in total. The Morgan fingerprint density at radius 2 is 1.78 bits per heavy atom. The average Bonchev–Trinajstić information content (AvgIpc) is 3.22. The third kappa shape index (κ3) is 2.92. The Bertz CT molecular complexity index is 410. The van der Waals surface area contributed by atoms with E-state index in [-0.39, 0.29) is 0 Å². The van der Waals surface area contributed by atoms with Gasteiger partial charge in [-0.05, 0) is 37.5 Å². The number of nitrogens with two attached hydrogens (primary N) is 1. The van der Waals surface area contributed by atoms with Crippen LogP contribution in [-0.2, 0) is 6.42 Å². The van der Waals surface area contributed by atoms with Gasteiger partial charge in [-0.15, -0.1) is 0 Å². The van der Waals surface area contributed by atoms with Crippen molar-refractivity contribution in [3.8, 4) is 0 Å². The van der Waals surface area contributed by atoms with Gasteiger partial charge in [0.05, 0.1) is 0 Å². The molecular formula is C14H22N4. The van der Waals surface area contributed by atoms with Crippen LogP contribution >= 0.6 is 0 Å². The van der Waals surface area contributed by atoms with Gasteiger partial charge in [0.15, 0.2) is 0 Å². The number of hydrogen-bond donors (Lipinski definition) is 1. The highest BCUT2D eigenvalue weighted by Gasteiger charge is 2.30. The highest BCUT2D eigenvalue weighted by molar-refractivity contribution is 5.47. The Kier molecular flexibility index (Phi) is 3.10. The van der Waals surface area contributed by atoms with Gasteiger partial charge in [-0.25, -0.2) is 9.97 Å². The normalized spacial score (nSPS) is 18.9. The standard InChI is InChI=1S/C14H22N4/c1-2-13-16-12(15)7-14(17-13)18(8-10-3-4-10)9-11-5-6-11/h7,10-11H,2-6,8-9H2,1H3,(H2,15,16,17). The van der Waals surface area contributed by atoms with E-state index in [1.165, 1.54) is 25.7 Å². The molecular weight excluding hydrogens is 224 g/mol. The second-order valence-corrected chi connectivity index (χ2v) is 5.71. The summed E-state index contributed by atoms with van der Waals surface area (Å²) in [5, 5.41) is 0. The molecule has 1 heterocycles. The first-order chi connectivity index (χ1) is 8.74. The van der Waals surface area contributed by atoms with Gasteiger partial charge in [-0.2, -0.15) is 0 Å². The Labute approximate surface area is 109 Å². The molecule has 18 heavy (non-hydrogen) atoms. The molecule has 0 unspecified atom stereocenters. The molecule has 0 bridgehead atoms. The average molecular weight is 246 g/mol. The summed E-state index contributed by atoms with van der Waals surface area (Å²) in [5.74, 6) is 4.27. The first-order valence-corrected chi connectivity index (χ1v) is 7.13. The lowest BCUT2D eigenvalue weighted by Crippen LogP contribution is -2.29. The zero-order chi connectivity index (χ0) is 12.5. The molecule has 98 valence electrons. The van der Waals surface area contributed by atoms with Crippen LogP contribution in [0, 0.1) is 11.8 Å². The molecule has 1 aromatic rings. The van der Waals surface area contributed by atoms with E-state index in [4.69, 9.17) is 5.73 Å². The van der Waals surface area contributed by atoms with Crippen molar-refractivity contribution in [3.63, 3.8) is 0 Å². The largest absolute Gasteiger partial charge is 0.384 e. The van der Waals surface area contributed by atoms with Gasteiger partial charge < -0.3 is 10.6 Å². The topological polar surface area (TPSA) is 55.0 Å². The minimum Gasteiger partial charge on any atom is -0.384 e. The summed E-state index contributed by atoms with van der Waals surface area (Å²) in [6.07, 6.45) is 6.36. The second kappa shape index (κ2) is 4.75. The van der Waals surface area contributed by atoms with Crippen molar-refractivity contribution in [1.82, 2.24) is 9.97 Å². The summed E-state index contributed by atoms with van der Waals surface area (Å²) in [5.41, 5.74) is 5.89. The molecule has 0 aromatic carbocycles. The third-order valence-electron chi connectivity index (χ3n) is 3.77. The van der Waals surface area contributed by atoms with Gasteiger partial charge in [0.25, 0.3) is 0 Å². The smallest absolute Gasteiger partial charge is 0.134 e. The Morgan fingerprint density at radius 3 is 2.28 bits per heavy atom. The van der Waals surface area contributed by atoms with Crippen LogP contribution in [-0.4, -0.2) is 23.1 Å². The highest BCUT2D eigenvalue weighted by Crippen LogP contribution is 2.35. The van der Waals surface area contributed by atoms with Crippen LogP contribution < -0.4 is 10.6 Å². The van der Waals surface area contributed by atoms with Gasteiger partial charge in [0.1, 0.15) is 17.5 Å². The summed E-state index contributed by atoms with van der Waals surface area (Å²) in [6, 6.07) is 1.93. The van der Waals surface area contributed by atoms with Gasteiger partial charge in [-0.3, -0.25) is 0 Å². The second-order valence-electron chi connectivity index (χ2n) is 5.71. The van der Waals surface area contributed by atoms with Crippen LogP contribution in [0.2, 0.25) is 0 Å². The fourth-order valence-corrected chi connectivity index (χ4v) is 2.31.